The zero-order valence-electron chi connectivity index (χ0n) is 13.7. The lowest BCUT2D eigenvalue weighted by Gasteiger charge is -2.48. The fourth-order valence-corrected chi connectivity index (χ4v) is 4.94. The number of rotatable bonds is 5. The van der Waals surface area contributed by atoms with Crippen molar-refractivity contribution in [3.8, 4) is 0 Å². The van der Waals surface area contributed by atoms with Crippen LogP contribution < -0.4 is 16.4 Å². The van der Waals surface area contributed by atoms with Crippen LogP contribution in [0.5, 0.6) is 0 Å². The molecule has 7 heteroatoms. The third kappa shape index (κ3) is 3.76. The first-order chi connectivity index (χ1) is 11.1. The molecule has 0 aromatic rings. The molecule has 2 aliphatic carbocycles. The Morgan fingerprint density at radius 3 is 2.26 bits per heavy atom. The van der Waals surface area contributed by atoms with Crippen LogP contribution in [0.15, 0.2) is 0 Å². The van der Waals surface area contributed by atoms with E-state index in [0.717, 1.165) is 25.9 Å². The van der Waals surface area contributed by atoms with E-state index in [1.807, 2.05) is 11.8 Å². The van der Waals surface area contributed by atoms with Crippen LogP contribution in [-0.4, -0.2) is 59.1 Å². The second-order valence-electron chi connectivity index (χ2n) is 7.14. The van der Waals surface area contributed by atoms with Gasteiger partial charge in [-0.2, -0.15) is 11.8 Å². The highest BCUT2D eigenvalue weighted by molar-refractivity contribution is 7.99. The Kier molecular flexibility index (Phi) is 5.06. The van der Waals surface area contributed by atoms with Gasteiger partial charge in [0.05, 0.1) is 0 Å². The molecule has 3 fully saturated rings. The van der Waals surface area contributed by atoms with Crippen molar-refractivity contribution in [1.82, 2.24) is 15.5 Å². The summed E-state index contributed by atoms with van der Waals surface area (Å²) >= 11 is 2.02. The first-order valence-corrected chi connectivity index (χ1v) is 9.91. The van der Waals surface area contributed by atoms with Crippen molar-refractivity contribution < 1.29 is 9.59 Å². The van der Waals surface area contributed by atoms with Gasteiger partial charge in [0.25, 0.3) is 0 Å². The maximum atomic E-state index is 12.5. The summed E-state index contributed by atoms with van der Waals surface area (Å²) in [5, 5.41) is 5.76. The molecular formula is C16H28N4O2S. The van der Waals surface area contributed by atoms with Gasteiger partial charge in [0.1, 0.15) is 5.54 Å². The van der Waals surface area contributed by atoms with E-state index in [0.29, 0.717) is 19.4 Å². The summed E-state index contributed by atoms with van der Waals surface area (Å²) < 4.78 is 0. The lowest BCUT2D eigenvalue weighted by atomic mass is 9.80. The Labute approximate surface area is 142 Å². The monoisotopic (exact) mass is 340 g/mol. The zero-order chi connectivity index (χ0) is 16.3. The van der Waals surface area contributed by atoms with Crippen LogP contribution in [0, 0.1) is 0 Å². The van der Waals surface area contributed by atoms with Gasteiger partial charge in [-0.25, -0.2) is 4.79 Å². The van der Waals surface area contributed by atoms with Gasteiger partial charge >= 0.3 is 6.03 Å². The SMILES string of the molecule is NC(=O)NC1(C(=O)NCC2(N3CCSCC3)CCCCC2)CC1. The molecule has 130 valence electrons. The Hall–Kier alpha value is -0.950. The molecule has 23 heavy (non-hydrogen) atoms. The minimum absolute atomic E-state index is 0.0624. The summed E-state index contributed by atoms with van der Waals surface area (Å²) in [6.07, 6.45) is 7.48. The summed E-state index contributed by atoms with van der Waals surface area (Å²) in [7, 11) is 0. The zero-order valence-corrected chi connectivity index (χ0v) is 14.6. The standard InChI is InChI=1S/C16H28N4O2S/c17-14(22)19-16(6-7-16)13(21)18-12-15(4-2-1-3-5-15)20-8-10-23-11-9-20/h1-12H2,(H,18,21)(H3,17,19,22). The van der Waals surface area contributed by atoms with Crippen molar-refractivity contribution in [3.05, 3.63) is 0 Å². The number of amides is 3. The van der Waals surface area contributed by atoms with Gasteiger partial charge in [-0.15, -0.1) is 0 Å². The van der Waals surface area contributed by atoms with Crippen LogP contribution >= 0.6 is 11.8 Å². The summed E-state index contributed by atoms with van der Waals surface area (Å²) in [6, 6.07) is -0.613. The number of hydrogen-bond acceptors (Lipinski definition) is 4. The maximum absolute atomic E-state index is 12.5. The Bertz CT molecular complexity index is 455. The first kappa shape index (κ1) is 16.9. The van der Waals surface area contributed by atoms with Crippen molar-refractivity contribution in [1.29, 1.82) is 0 Å². The number of carbonyl (C=O) groups is 2. The molecule has 6 nitrogen and oxygen atoms in total. The van der Waals surface area contributed by atoms with Crippen LogP contribution in [0.3, 0.4) is 0 Å². The molecule has 0 aromatic heterocycles. The molecule has 2 saturated carbocycles. The van der Waals surface area contributed by atoms with E-state index in [4.69, 9.17) is 5.73 Å². The second-order valence-corrected chi connectivity index (χ2v) is 8.36. The number of carbonyl (C=O) groups excluding carboxylic acids is 2. The number of urea groups is 1. The minimum atomic E-state index is -0.737. The molecule has 0 aromatic carbocycles. The summed E-state index contributed by atoms with van der Waals surface area (Å²) in [6.45, 7) is 2.93. The number of nitrogens with zero attached hydrogens (tertiary/aromatic N) is 1. The third-order valence-electron chi connectivity index (χ3n) is 5.59. The lowest BCUT2D eigenvalue weighted by Crippen LogP contribution is -2.61. The maximum Gasteiger partial charge on any atom is 0.313 e. The van der Waals surface area contributed by atoms with E-state index < -0.39 is 11.6 Å². The van der Waals surface area contributed by atoms with Gasteiger partial charge in [0.2, 0.25) is 5.91 Å². The van der Waals surface area contributed by atoms with Crippen molar-refractivity contribution in [2.45, 2.75) is 56.0 Å². The first-order valence-electron chi connectivity index (χ1n) is 8.75. The molecule has 0 atom stereocenters. The molecule has 0 unspecified atom stereocenters. The quantitative estimate of drug-likeness (QED) is 0.698. The highest BCUT2D eigenvalue weighted by Crippen LogP contribution is 2.37. The fourth-order valence-electron chi connectivity index (χ4n) is 4.04. The summed E-state index contributed by atoms with van der Waals surface area (Å²) in [5.41, 5.74) is 4.57. The van der Waals surface area contributed by atoms with Crippen molar-refractivity contribution in [3.63, 3.8) is 0 Å². The lowest BCUT2D eigenvalue weighted by molar-refractivity contribution is -0.124. The van der Waals surface area contributed by atoms with E-state index in [2.05, 4.69) is 15.5 Å². The average molecular weight is 340 g/mol. The molecule has 3 rings (SSSR count). The molecular weight excluding hydrogens is 312 g/mol. The van der Waals surface area contributed by atoms with E-state index in [9.17, 15) is 9.59 Å². The van der Waals surface area contributed by atoms with Crippen molar-refractivity contribution in [2.75, 3.05) is 31.1 Å². The predicted molar refractivity (Wildman–Crippen MR) is 92.4 cm³/mol. The van der Waals surface area contributed by atoms with Gasteiger partial charge < -0.3 is 16.4 Å². The largest absolute Gasteiger partial charge is 0.352 e. The number of thioether (sulfide) groups is 1. The Morgan fingerprint density at radius 2 is 1.70 bits per heavy atom. The smallest absolute Gasteiger partial charge is 0.313 e. The molecule has 0 radical (unpaired) electrons. The molecule has 3 amide bonds. The Morgan fingerprint density at radius 1 is 1.04 bits per heavy atom. The highest BCUT2D eigenvalue weighted by Gasteiger charge is 2.51. The number of nitrogens with one attached hydrogen (secondary N) is 2. The second kappa shape index (κ2) is 6.89. The van der Waals surface area contributed by atoms with Crippen molar-refractivity contribution in [2.24, 2.45) is 5.73 Å². The Balaban J connectivity index is 1.62. The van der Waals surface area contributed by atoms with Crippen LogP contribution in [0.1, 0.15) is 44.9 Å². The molecule has 1 aliphatic heterocycles. The predicted octanol–water partition coefficient (Wildman–Crippen LogP) is 1.06. The van der Waals surface area contributed by atoms with Gasteiger partial charge in [-0.3, -0.25) is 9.69 Å². The average Bonchev–Trinajstić information content (AvgIpc) is 3.34. The van der Waals surface area contributed by atoms with Gasteiger partial charge in [-0.05, 0) is 25.7 Å². The van der Waals surface area contributed by atoms with Crippen LogP contribution in [0.2, 0.25) is 0 Å². The number of primary amides is 1. The molecule has 0 bridgehead atoms. The van der Waals surface area contributed by atoms with Crippen LogP contribution in [-0.2, 0) is 4.79 Å². The molecule has 0 spiro atoms. The number of hydrogen-bond donors (Lipinski definition) is 3. The van der Waals surface area contributed by atoms with Crippen LogP contribution in [0.4, 0.5) is 4.79 Å². The van der Waals surface area contributed by atoms with Crippen LogP contribution in [0.25, 0.3) is 0 Å². The van der Waals surface area contributed by atoms with E-state index in [1.54, 1.807) is 0 Å². The fraction of sp³-hybridized carbons (Fsp3) is 0.875. The minimum Gasteiger partial charge on any atom is -0.352 e. The third-order valence-corrected chi connectivity index (χ3v) is 6.53. The van der Waals surface area contributed by atoms with Gasteiger partial charge in [0.15, 0.2) is 0 Å². The molecule has 1 heterocycles. The van der Waals surface area contributed by atoms with Crippen molar-refractivity contribution >= 4 is 23.7 Å². The van der Waals surface area contributed by atoms with E-state index in [1.165, 1.54) is 30.8 Å². The van der Waals surface area contributed by atoms with E-state index in [-0.39, 0.29) is 11.4 Å². The topological polar surface area (TPSA) is 87.5 Å². The summed E-state index contributed by atoms with van der Waals surface area (Å²) in [5.74, 6) is 2.30. The van der Waals surface area contributed by atoms with E-state index >= 15 is 0 Å². The molecule has 1 saturated heterocycles. The highest BCUT2D eigenvalue weighted by atomic mass is 32.2. The molecule has 3 aliphatic rings. The molecule has 4 N–H and O–H groups in total. The van der Waals surface area contributed by atoms with Gasteiger partial charge in [0, 0.05) is 36.7 Å². The normalized spacial score (nSPS) is 26.3. The number of nitrogens with two attached hydrogens (primary N) is 1. The summed E-state index contributed by atoms with van der Waals surface area (Å²) in [4.78, 5) is 26.2. The van der Waals surface area contributed by atoms with Gasteiger partial charge in [-0.1, -0.05) is 19.3 Å².